The van der Waals surface area contributed by atoms with E-state index in [1.807, 2.05) is 24.0 Å². The Morgan fingerprint density at radius 1 is 1.46 bits per heavy atom. The second kappa shape index (κ2) is 10.2. The maximum Gasteiger partial charge on any atom is 0.191 e. The molecule has 0 bridgehead atoms. The molecule has 2 rings (SSSR count). The normalized spacial score (nSPS) is 24.3. The van der Waals surface area contributed by atoms with E-state index >= 15 is 0 Å². The van der Waals surface area contributed by atoms with Crippen LogP contribution in [-0.4, -0.2) is 46.6 Å². The Kier molecular flexibility index (Phi) is 9.04. The molecule has 1 aromatic heterocycles. The first-order valence-electron chi connectivity index (χ1n) is 8.73. The molecule has 1 saturated carbocycles. The van der Waals surface area contributed by atoms with Gasteiger partial charge in [-0.05, 0) is 32.3 Å². The zero-order valence-electron chi connectivity index (χ0n) is 15.1. The lowest BCUT2D eigenvalue weighted by molar-refractivity contribution is 0.00716. The Labute approximate surface area is 162 Å². The lowest BCUT2D eigenvalue weighted by Crippen LogP contribution is -2.42. The predicted molar refractivity (Wildman–Crippen MR) is 109 cm³/mol. The average Bonchev–Trinajstić information content (AvgIpc) is 2.94. The number of aryl methyl sites for hydroxylation is 1. The number of rotatable bonds is 6. The molecular weight excluding hydrogens is 417 g/mol. The van der Waals surface area contributed by atoms with Gasteiger partial charge in [0.2, 0.25) is 0 Å². The largest absolute Gasteiger partial charge is 0.392 e. The van der Waals surface area contributed by atoms with Crippen LogP contribution in [0.25, 0.3) is 0 Å². The Morgan fingerprint density at radius 2 is 2.25 bits per heavy atom. The summed E-state index contributed by atoms with van der Waals surface area (Å²) in [7, 11) is 0. The smallest absolute Gasteiger partial charge is 0.191 e. The quantitative estimate of drug-likeness (QED) is 0.354. The van der Waals surface area contributed by atoms with Gasteiger partial charge in [0, 0.05) is 24.7 Å². The molecule has 138 valence electrons. The molecule has 1 aliphatic rings. The van der Waals surface area contributed by atoms with E-state index in [1.54, 1.807) is 0 Å². The first kappa shape index (κ1) is 21.2. The summed E-state index contributed by atoms with van der Waals surface area (Å²) in [4.78, 5) is 4.70. The fourth-order valence-corrected chi connectivity index (χ4v) is 3.05. The number of halogens is 1. The van der Waals surface area contributed by atoms with Gasteiger partial charge in [-0.25, -0.2) is 0 Å². The van der Waals surface area contributed by atoms with Crippen LogP contribution in [0.5, 0.6) is 0 Å². The third-order valence-corrected chi connectivity index (χ3v) is 4.62. The Hall–Kier alpha value is -0.830. The highest BCUT2D eigenvalue weighted by Crippen LogP contribution is 2.36. The van der Waals surface area contributed by atoms with Crippen LogP contribution in [0.4, 0.5) is 0 Å². The van der Waals surface area contributed by atoms with Gasteiger partial charge >= 0.3 is 0 Å². The molecule has 0 aromatic carbocycles. The molecule has 2 atom stereocenters. The van der Waals surface area contributed by atoms with Crippen molar-refractivity contribution < 1.29 is 5.11 Å². The van der Waals surface area contributed by atoms with Gasteiger partial charge in [-0.1, -0.05) is 19.8 Å². The van der Waals surface area contributed by atoms with Crippen molar-refractivity contribution in [2.45, 2.75) is 59.1 Å². The first-order valence-corrected chi connectivity index (χ1v) is 8.73. The van der Waals surface area contributed by atoms with Crippen molar-refractivity contribution in [1.29, 1.82) is 0 Å². The Morgan fingerprint density at radius 3 is 2.88 bits per heavy atom. The van der Waals surface area contributed by atoms with E-state index in [0.29, 0.717) is 6.54 Å². The molecule has 6 nitrogen and oxygen atoms in total. The molecule has 1 aliphatic carbocycles. The highest BCUT2D eigenvalue weighted by atomic mass is 127. The summed E-state index contributed by atoms with van der Waals surface area (Å²) >= 11 is 0. The van der Waals surface area contributed by atoms with E-state index in [4.69, 9.17) is 4.99 Å². The maximum atomic E-state index is 10.3. The van der Waals surface area contributed by atoms with E-state index < -0.39 is 0 Å². The minimum atomic E-state index is -0.241. The van der Waals surface area contributed by atoms with Crippen LogP contribution in [0, 0.1) is 12.3 Å². The number of guanidine groups is 1. The second-order valence-electron chi connectivity index (χ2n) is 6.82. The molecule has 3 N–H and O–H groups in total. The third kappa shape index (κ3) is 6.23. The highest BCUT2D eigenvalue weighted by molar-refractivity contribution is 14.0. The van der Waals surface area contributed by atoms with Crippen LogP contribution in [-0.2, 0) is 6.54 Å². The SMILES string of the molecule is CCNC(=NCC1(C)CCCCC1O)NCCn1cc(C)cn1.I. The number of aliphatic imine (C=N–C) groups is 1. The molecule has 0 amide bonds. The van der Waals surface area contributed by atoms with Crippen molar-refractivity contribution in [3.63, 3.8) is 0 Å². The zero-order chi connectivity index (χ0) is 16.7. The molecular formula is C17H32IN5O. The van der Waals surface area contributed by atoms with Gasteiger partial charge in [-0.2, -0.15) is 5.10 Å². The number of nitrogens with zero attached hydrogens (tertiary/aromatic N) is 3. The summed E-state index contributed by atoms with van der Waals surface area (Å²) < 4.78 is 1.93. The van der Waals surface area contributed by atoms with E-state index in [9.17, 15) is 5.11 Å². The van der Waals surface area contributed by atoms with Crippen LogP contribution < -0.4 is 10.6 Å². The minimum absolute atomic E-state index is 0. The summed E-state index contributed by atoms with van der Waals surface area (Å²) in [5.74, 6) is 0.815. The van der Waals surface area contributed by atoms with Crippen LogP contribution in [0.1, 0.15) is 45.1 Å². The molecule has 0 saturated heterocycles. The number of hydrogen-bond donors (Lipinski definition) is 3. The molecule has 1 fully saturated rings. The lowest BCUT2D eigenvalue weighted by Gasteiger charge is -2.37. The van der Waals surface area contributed by atoms with Gasteiger partial charge in [0.25, 0.3) is 0 Å². The van der Waals surface area contributed by atoms with Crippen molar-refractivity contribution in [2.75, 3.05) is 19.6 Å². The average molecular weight is 449 g/mol. The van der Waals surface area contributed by atoms with Crippen LogP contribution in [0.2, 0.25) is 0 Å². The number of aliphatic hydroxyl groups excluding tert-OH is 1. The van der Waals surface area contributed by atoms with Crippen LogP contribution in [0.15, 0.2) is 17.4 Å². The van der Waals surface area contributed by atoms with E-state index in [-0.39, 0.29) is 35.5 Å². The molecule has 1 aromatic rings. The summed E-state index contributed by atoms with van der Waals surface area (Å²) in [6, 6.07) is 0. The van der Waals surface area contributed by atoms with Gasteiger partial charge in [0.15, 0.2) is 5.96 Å². The molecule has 24 heavy (non-hydrogen) atoms. The molecule has 0 radical (unpaired) electrons. The topological polar surface area (TPSA) is 74.5 Å². The maximum absolute atomic E-state index is 10.3. The highest BCUT2D eigenvalue weighted by Gasteiger charge is 2.35. The molecule has 0 spiro atoms. The van der Waals surface area contributed by atoms with E-state index in [2.05, 4.69) is 29.6 Å². The van der Waals surface area contributed by atoms with Crippen LogP contribution in [0.3, 0.4) is 0 Å². The van der Waals surface area contributed by atoms with Crippen LogP contribution >= 0.6 is 24.0 Å². The molecule has 1 heterocycles. The van der Waals surface area contributed by atoms with Gasteiger partial charge < -0.3 is 15.7 Å². The van der Waals surface area contributed by atoms with Crippen molar-refractivity contribution in [1.82, 2.24) is 20.4 Å². The Bertz CT molecular complexity index is 519. The predicted octanol–water partition coefficient (Wildman–Crippen LogP) is 2.31. The fourth-order valence-electron chi connectivity index (χ4n) is 3.05. The van der Waals surface area contributed by atoms with Gasteiger partial charge in [-0.3, -0.25) is 9.67 Å². The Balaban J connectivity index is 0.00000288. The first-order chi connectivity index (χ1) is 11.0. The fraction of sp³-hybridized carbons (Fsp3) is 0.765. The molecule has 0 aliphatic heterocycles. The van der Waals surface area contributed by atoms with E-state index in [1.165, 1.54) is 12.0 Å². The summed E-state index contributed by atoms with van der Waals surface area (Å²) in [6.45, 7) is 9.31. The van der Waals surface area contributed by atoms with Gasteiger partial charge in [0.05, 0.1) is 25.4 Å². The second-order valence-corrected chi connectivity index (χ2v) is 6.82. The number of aliphatic hydroxyl groups is 1. The van der Waals surface area contributed by atoms with Crippen molar-refractivity contribution >= 4 is 29.9 Å². The minimum Gasteiger partial charge on any atom is -0.392 e. The van der Waals surface area contributed by atoms with Gasteiger partial charge in [0.1, 0.15) is 0 Å². The number of aromatic nitrogens is 2. The molecule has 2 unspecified atom stereocenters. The zero-order valence-corrected chi connectivity index (χ0v) is 17.4. The van der Waals surface area contributed by atoms with Crippen molar-refractivity contribution in [3.05, 3.63) is 18.0 Å². The van der Waals surface area contributed by atoms with Gasteiger partial charge in [-0.15, -0.1) is 24.0 Å². The van der Waals surface area contributed by atoms with Crippen molar-refractivity contribution in [3.8, 4) is 0 Å². The summed E-state index contributed by atoms with van der Waals surface area (Å²) in [5, 5.41) is 21.2. The number of hydrogen-bond acceptors (Lipinski definition) is 3. The lowest BCUT2D eigenvalue weighted by atomic mass is 9.73. The van der Waals surface area contributed by atoms with Crippen molar-refractivity contribution in [2.24, 2.45) is 10.4 Å². The molecule has 7 heteroatoms. The number of nitrogens with one attached hydrogen (secondary N) is 2. The van der Waals surface area contributed by atoms with E-state index in [0.717, 1.165) is 44.9 Å². The summed E-state index contributed by atoms with van der Waals surface area (Å²) in [5.41, 5.74) is 1.07. The summed E-state index contributed by atoms with van der Waals surface area (Å²) in [6.07, 6.45) is 7.91. The monoisotopic (exact) mass is 449 g/mol. The standard InChI is InChI=1S/C17H31N5O.HI/c1-4-18-16(19-9-10-22-12-14(2)11-21-22)20-13-17(3)8-6-5-7-15(17)23;/h11-12,15,23H,4-10,13H2,1-3H3,(H2,18,19,20);1H. The third-order valence-electron chi connectivity index (χ3n) is 4.62.